The second-order valence-electron chi connectivity index (χ2n) is 4.35. The molecule has 0 N–H and O–H groups in total. The van der Waals surface area contributed by atoms with Crippen LogP contribution in [0, 0.1) is 0 Å². The Morgan fingerprint density at radius 2 is 1.29 bits per heavy atom. The third kappa shape index (κ3) is 3.29. The molecule has 0 fully saturated rings. The molecule has 1 aromatic heterocycles. The lowest BCUT2D eigenvalue weighted by atomic mass is 10.5. The normalized spacial score (nSPS) is 13.0. The highest BCUT2D eigenvalue weighted by Crippen LogP contribution is 2.12. The fourth-order valence-corrected chi connectivity index (χ4v) is 4.29. The molecule has 1 nitrogen and oxygen atoms in total. The molecule has 0 atom stereocenters. The van der Waals surface area contributed by atoms with Crippen molar-refractivity contribution in [3.63, 3.8) is 0 Å². The molecule has 0 saturated heterocycles. The molecule has 1 rings (SSSR count). The highest BCUT2D eigenvalue weighted by molar-refractivity contribution is 9.26. The van der Waals surface area contributed by atoms with Gasteiger partial charge in [0.25, 0.3) is 0 Å². The molecule has 0 aliphatic heterocycles. The van der Waals surface area contributed by atoms with Crippen LogP contribution in [-0.2, 0) is 0 Å². The summed E-state index contributed by atoms with van der Waals surface area (Å²) in [6, 6.07) is 6.36. The fraction of sp³-hybridized carbons (Fsp3) is 0.444. The lowest BCUT2D eigenvalue weighted by Crippen LogP contribution is -2.46. The van der Waals surface area contributed by atoms with Gasteiger partial charge in [-0.2, -0.15) is 0 Å². The van der Waals surface area contributed by atoms with Gasteiger partial charge in [-0.05, 0) is 12.1 Å². The van der Waals surface area contributed by atoms with Crippen LogP contribution >= 0.6 is 30.6 Å². The lowest BCUT2D eigenvalue weighted by molar-refractivity contribution is 1.42. The van der Waals surface area contributed by atoms with E-state index < -0.39 is 13.4 Å². The molecule has 0 aromatic carbocycles. The van der Waals surface area contributed by atoms with Gasteiger partial charge in [-0.3, -0.25) is 4.98 Å². The Kier molecular flexibility index (Phi) is 3.78. The average molecular weight is 353 g/mol. The van der Waals surface area contributed by atoms with Gasteiger partial charge in [0.1, 0.15) is 0 Å². The van der Waals surface area contributed by atoms with E-state index in [2.05, 4.69) is 75.0 Å². The van der Waals surface area contributed by atoms with Crippen LogP contribution in [0.25, 0.3) is 0 Å². The molecule has 5 heteroatoms. The maximum Gasteiger partial charge on any atom is 0.176 e. The number of rotatable bonds is 2. The van der Waals surface area contributed by atoms with E-state index in [1.807, 2.05) is 0 Å². The predicted molar refractivity (Wildman–Crippen MR) is 76.3 cm³/mol. The summed E-state index contributed by atoms with van der Waals surface area (Å²) >= 11 is 7.53. The summed E-state index contributed by atoms with van der Waals surface area (Å²) in [6.07, 6.45) is 0. The zero-order valence-electron chi connectivity index (χ0n) is 8.94. The van der Waals surface area contributed by atoms with E-state index in [9.17, 15) is 0 Å². The summed E-state index contributed by atoms with van der Waals surface area (Å²) in [6.45, 7) is 6.13. The summed E-state index contributed by atoms with van der Waals surface area (Å²) in [5, 5.41) is 2.46. The van der Waals surface area contributed by atoms with Gasteiger partial charge in [-0.1, -0.05) is 32.3 Å². The van der Waals surface area contributed by atoms with Crippen LogP contribution in [0.15, 0.2) is 18.2 Å². The molecule has 0 radical (unpaired) electrons. The first kappa shape index (κ1) is 12.6. The number of pyridine rings is 1. The van der Waals surface area contributed by atoms with E-state index in [1.54, 1.807) is 0 Å². The molecule has 0 unspecified atom stereocenters. The van der Waals surface area contributed by atoms with Crippen molar-refractivity contribution in [2.24, 2.45) is 0 Å². The molecule has 78 valence electrons. The molecule has 1 heterocycles. The van der Waals surface area contributed by atoms with Crippen LogP contribution in [0.4, 0.5) is 0 Å². The monoisotopic (exact) mass is 351 g/mol. The van der Waals surface area contributed by atoms with Crippen LogP contribution in [0.2, 0.25) is 26.2 Å². The van der Waals surface area contributed by atoms with E-state index in [0.29, 0.717) is 0 Å². The minimum atomic E-state index is -1.44. The van der Waals surface area contributed by atoms with Gasteiger partial charge >= 0.3 is 0 Å². The smallest absolute Gasteiger partial charge is 0.176 e. The molecular weight excluding hydrogens is 338 g/mol. The summed E-state index contributed by atoms with van der Waals surface area (Å²) in [7, 11) is 0. The Balaban J connectivity index is 3.15. The van der Waals surface area contributed by atoms with E-state index in [-0.39, 0.29) is 0 Å². The summed E-state index contributed by atoms with van der Waals surface area (Å²) in [4.78, 5) is 4.74. The third-order valence-electron chi connectivity index (χ3n) is 1.97. The van der Waals surface area contributed by atoms with Crippen molar-refractivity contribution < 1.29 is 0 Å². The summed E-state index contributed by atoms with van der Waals surface area (Å²) in [5.74, 6) is 0. The van der Waals surface area contributed by atoms with Gasteiger partial charge in [-0.15, -0.1) is 30.6 Å². The van der Waals surface area contributed by atoms with Gasteiger partial charge in [0, 0.05) is 10.6 Å². The highest BCUT2D eigenvalue weighted by atomic mass is 79.9. The highest BCUT2D eigenvalue weighted by Gasteiger charge is 2.25. The Bertz CT molecular complexity index is 299. The fourth-order valence-electron chi connectivity index (χ4n) is 1.10. The van der Waals surface area contributed by atoms with Crippen molar-refractivity contribution in [1.82, 2.24) is 4.98 Å². The van der Waals surface area contributed by atoms with Gasteiger partial charge in [0.2, 0.25) is 0 Å². The summed E-state index contributed by atoms with van der Waals surface area (Å²) < 4.78 is 0. The Morgan fingerprint density at radius 3 is 1.57 bits per heavy atom. The van der Waals surface area contributed by atoms with Crippen LogP contribution in [0.1, 0.15) is 0 Å². The maximum absolute atomic E-state index is 4.74. The molecule has 0 spiro atoms. The van der Waals surface area contributed by atoms with Crippen molar-refractivity contribution in [1.29, 1.82) is 0 Å². The van der Waals surface area contributed by atoms with E-state index in [4.69, 9.17) is 4.98 Å². The standard InChI is InChI=1S/C9H15Br2NSi2/c1-13(2,10)8-6-5-7-9(12-8)14(3,4)11/h5-7H,1-4H3. The Morgan fingerprint density at radius 1 is 0.929 bits per heavy atom. The zero-order chi connectivity index (χ0) is 11.0. The zero-order valence-corrected chi connectivity index (χ0v) is 14.1. The van der Waals surface area contributed by atoms with Crippen LogP contribution in [0.5, 0.6) is 0 Å². The molecule has 14 heavy (non-hydrogen) atoms. The van der Waals surface area contributed by atoms with E-state index in [1.165, 1.54) is 10.6 Å². The second kappa shape index (κ2) is 4.19. The first-order chi connectivity index (χ1) is 6.21. The number of hydrogen-bond acceptors (Lipinski definition) is 1. The molecule has 0 aliphatic carbocycles. The van der Waals surface area contributed by atoms with Crippen LogP contribution < -0.4 is 10.6 Å². The van der Waals surface area contributed by atoms with Gasteiger partial charge < -0.3 is 0 Å². The average Bonchev–Trinajstić information content (AvgIpc) is 2.01. The van der Waals surface area contributed by atoms with Gasteiger partial charge in [0.15, 0.2) is 13.4 Å². The van der Waals surface area contributed by atoms with Gasteiger partial charge in [0.05, 0.1) is 0 Å². The number of aromatic nitrogens is 1. The Hall–Kier alpha value is 0.544. The van der Waals surface area contributed by atoms with Crippen molar-refractivity contribution >= 4 is 54.6 Å². The SMILES string of the molecule is C[Si](C)(Br)c1cccc([Si](C)(C)Br)n1. The maximum atomic E-state index is 4.74. The number of hydrogen-bond donors (Lipinski definition) is 0. The van der Waals surface area contributed by atoms with E-state index in [0.717, 1.165) is 0 Å². The largest absolute Gasteiger partial charge is 0.265 e. The second-order valence-corrected chi connectivity index (χ2v) is 23.2. The van der Waals surface area contributed by atoms with Crippen molar-refractivity contribution in [2.45, 2.75) is 26.2 Å². The molecule has 0 saturated carbocycles. The van der Waals surface area contributed by atoms with Crippen LogP contribution in [-0.4, -0.2) is 18.4 Å². The quantitative estimate of drug-likeness (QED) is 0.589. The molecule has 0 bridgehead atoms. The number of nitrogens with zero attached hydrogens (tertiary/aromatic N) is 1. The Labute approximate surface area is 104 Å². The molecule has 1 aromatic rings. The topological polar surface area (TPSA) is 12.9 Å². The first-order valence-electron chi connectivity index (χ1n) is 4.57. The van der Waals surface area contributed by atoms with Crippen molar-refractivity contribution in [3.05, 3.63) is 18.2 Å². The summed E-state index contributed by atoms with van der Waals surface area (Å²) in [5.41, 5.74) is 0. The van der Waals surface area contributed by atoms with Gasteiger partial charge in [-0.25, -0.2) is 0 Å². The predicted octanol–water partition coefficient (Wildman–Crippen LogP) is 2.70. The minimum Gasteiger partial charge on any atom is -0.265 e. The molecule has 0 aliphatic rings. The van der Waals surface area contributed by atoms with Crippen molar-refractivity contribution in [2.75, 3.05) is 0 Å². The van der Waals surface area contributed by atoms with Crippen molar-refractivity contribution in [3.8, 4) is 0 Å². The molecule has 0 amide bonds. The molecular formula is C9H15Br2NSi2. The minimum absolute atomic E-state index is 1.23. The van der Waals surface area contributed by atoms with Crippen LogP contribution in [0.3, 0.4) is 0 Å². The number of halogens is 2. The lowest BCUT2D eigenvalue weighted by Gasteiger charge is -2.18. The van der Waals surface area contributed by atoms with E-state index >= 15 is 0 Å². The first-order valence-corrected chi connectivity index (χ1v) is 15.1. The third-order valence-corrected chi connectivity index (χ3v) is 7.40.